The Bertz CT molecular complexity index is 4800. The number of nitrogens with one attached hydrogen (secondary N) is 11. The van der Waals surface area contributed by atoms with Gasteiger partial charge in [0.1, 0.15) is 56.6 Å². The number of carbonyl (C=O) groups is 11. The predicted octanol–water partition coefficient (Wildman–Crippen LogP) is 7.95. The Labute approximate surface area is 873 Å². The average Bonchev–Trinajstić information content (AvgIpc) is 1.52. The Morgan fingerprint density at radius 2 is 1.21 bits per heavy atom. The van der Waals surface area contributed by atoms with Gasteiger partial charge < -0.3 is 124 Å². The van der Waals surface area contributed by atoms with Crippen LogP contribution in [0.4, 0.5) is 29.7 Å². The van der Waals surface area contributed by atoms with Gasteiger partial charge in [0.25, 0.3) is 0 Å². The van der Waals surface area contributed by atoms with Crippen LogP contribution in [0.15, 0.2) is 95.1 Å². The quantitative estimate of drug-likeness (QED) is 0.0220. The third-order valence-electron chi connectivity index (χ3n) is 29.3. The van der Waals surface area contributed by atoms with Crippen molar-refractivity contribution >= 4 is 76.2 Å². The number of hydrazine groups is 4. The van der Waals surface area contributed by atoms with E-state index in [0.29, 0.717) is 161 Å². The molecule has 14 N–H and O–H groups in total. The van der Waals surface area contributed by atoms with Crippen LogP contribution in [0, 0.1) is 34.5 Å². The van der Waals surface area contributed by atoms with Crippen LogP contribution >= 0.6 is 0 Å². The van der Waals surface area contributed by atoms with E-state index in [2.05, 4.69) is 80.3 Å². The van der Waals surface area contributed by atoms with Gasteiger partial charge in [-0.2, -0.15) is 0 Å². The Morgan fingerprint density at radius 3 is 1.86 bits per heavy atom. The minimum Gasteiger partial charge on any atom is -0.486 e. The van der Waals surface area contributed by atoms with E-state index < -0.39 is 142 Å². The van der Waals surface area contributed by atoms with Gasteiger partial charge in [0, 0.05) is 86.5 Å². The van der Waals surface area contributed by atoms with Gasteiger partial charge in [-0.05, 0) is 181 Å². The lowest BCUT2D eigenvalue weighted by Gasteiger charge is -2.63. The van der Waals surface area contributed by atoms with Gasteiger partial charge in [-0.25, -0.2) is 18.4 Å². The maximum Gasteiger partial charge on any atom is 0.411 e. The number of benzene rings is 2. The van der Waals surface area contributed by atoms with E-state index in [4.69, 9.17) is 72.0 Å². The van der Waals surface area contributed by atoms with Gasteiger partial charge in [0.2, 0.25) is 35.3 Å². The Hall–Kier alpha value is -9.81. The largest absolute Gasteiger partial charge is 0.486 e. The predicted molar refractivity (Wildman–Crippen MR) is 545 cm³/mol. The number of primary amides is 1. The van der Waals surface area contributed by atoms with Crippen LogP contribution in [0.3, 0.4) is 0 Å². The van der Waals surface area contributed by atoms with Crippen molar-refractivity contribution in [2.75, 3.05) is 197 Å². The molecule has 11 rings (SSSR count). The monoisotopic (exact) mass is 2100 g/mol. The van der Waals surface area contributed by atoms with Crippen molar-refractivity contribution in [2.45, 2.75) is 262 Å². The van der Waals surface area contributed by atoms with Gasteiger partial charge in [-0.3, -0.25) is 58.5 Å². The van der Waals surface area contributed by atoms with Crippen molar-refractivity contribution in [1.29, 1.82) is 0 Å². The van der Waals surface area contributed by atoms with Gasteiger partial charge >= 0.3 is 12.1 Å². The number of fused-ring (bicyclic) bond motifs is 7. The number of urea groups is 1. The fourth-order valence-corrected chi connectivity index (χ4v) is 21.3. The molecular weight excluding hydrogens is 1940 g/mol. The first-order chi connectivity index (χ1) is 71.6. The SMILES string of the molecule is CCCC1O[C@@H]2C[C@H]3[C@@H]4C[C@H](F)C5=CC(=O)C=C[C@]5(C)[C@@]4(F)[C@@H](O)C[C@]3(C)[C@]2(C(=O)COc2ccc(NC(=O)OCc3ccc(NC(=O)[C@H](CCCNC(N)=O)CC(=O)[C@@H](NC(=O)[C@@H](CCCCNC(=O)COC4CCCCCC5=C4NNN5CCOCCOCCOCCOCCC(=O)NCC[N+](C)(C)C)NC(=O)CCOCCOCCOCCOCCCC(=O)COC4CCCCCC5=C4NNN5C)C(C)C)cc3)cc2)O1. The highest BCUT2D eigenvalue weighted by Crippen LogP contribution is 2.72. The molecular formula is C106H164F2N15O26+. The highest BCUT2D eigenvalue weighted by molar-refractivity contribution is 6.02. The molecule has 41 nitrogen and oxygen atoms in total. The van der Waals surface area contributed by atoms with Crippen molar-refractivity contribution < 1.29 is 137 Å². The molecule has 0 aromatic heterocycles. The lowest BCUT2D eigenvalue weighted by atomic mass is 9.44. The number of aliphatic hydroxyl groups is 1. The van der Waals surface area contributed by atoms with Gasteiger partial charge in [0.15, 0.2) is 34.9 Å². The number of amides is 8. The van der Waals surface area contributed by atoms with E-state index in [-0.39, 0.29) is 146 Å². The van der Waals surface area contributed by atoms with E-state index in [0.717, 1.165) is 92.0 Å². The summed E-state index contributed by atoms with van der Waals surface area (Å²) in [5.41, 5.74) is 16.6. The number of rotatable bonds is 67. The number of anilines is 2. The summed E-state index contributed by atoms with van der Waals surface area (Å²) in [4.78, 5) is 148. The first-order valence-corrected chi connectivity index (χ1v) is 53.4. The summed E-state index contributed by atoms with van der Waals surface area (Å²) < 4.78 is 118. The molecule has 6 aliphatic carbocycles. The smallest absolute Gasteiger partial charge is 0.411 e. The molecule has 43 heteroatoms. The molecule has 4 fully saturated rings. The highest BCUT2D eigenvalue weighted by atomic mass is 19.1. The number of nitrogens with two attached hydrogens (primary N) is 1. The highest BCUT2D eigenvalue weighted by Gasteiger charge is 2.80. The fraction of sp³-hybridized carbons (Fsp3) is 0.708. The van der Waals surface area contributed by atoms with Crippen LogP contribution in [-0.4, -0.2) is 331 Å². The third kappa shape index (κ3) is 35.1. The summed E-state index contributed by atoms with van der Waals surface area (Å²) in [6, 6.07) is 9.53. The van der Waals surface area contributed by atoms with Crippen molar-refractivity contribution in [2.24, 2.45) is 40.2 Å². The first-order valence-electron chi connectivity index (χ1n) is 53.4. The van der Waals surface area contributed by atoms with Crippen molar-refractivity contribution in [3.63, 3.8) is 0 Å². The molecule has 0 radical (unpaired) electrons. The second-order valence-electron chi connectivity index (χ2n) is 41.5. The number of unbranched alkanes of at least 4 members (excludes halogenated alkanes) is 1. The molecule has 0 spiro atoms. The molecule has 3 heterocycles. The zero-order chi connectivity index (χ0) is 107. The Balaban J connectivity index is 0.616. The number of aliphatic hydroxyl groups excluding tert-OH is 1. The molecule has 832 valence electrons. The molecule has 9 aliphatic rings. The molecule has 15 atom stereocenters. The van der Waals surface area contributed by atoms with Crippen molar-refractivity contribution in [1.82, 2.24) is 58.5 Å². The van der Waals surface area contributed by atoms with E-state index in [1.807, 2.05) is 24.0 Å². The van der Waals surface area contributed by atoms with E-state index in [1.165, 1.54) is 24.8 Å². The number of ether oxygens (including phenoxy) is 14. The average molecular weight is 2100 g/mol. The first kappa shape index (κ1) is 119. The van der Waals surface area contributed by atoms with E-state index in [1.54, 1.807) is 69.3 Å². The summed E-state index contributed by atoms with van der Waals surface area (Å²) >= 11 is 0. The number of quaternary nitrogens is 1. The zero-order valence-electron chi connectivity index (χ0n) is 88.5. The van der Waals surface area contributed by atoms with Gasteiger partial charge in [0.05, 0.1) is 181 Å². The number of allylic oxidation sites excluding steroid dienone is 6. The second-order valence-corrected chi connectivity index (χ2v) is 41.5. The summed E-state index contributed by atoms with van der Waals surface area (Å²) in [6.07, 6.45) is 9.49. The summed E-state index contributed by atoms with van der Waals surface area (Å²) in [5, 5.41) is 35.7. The zero-order valence-corrected chi connectivity index (χ0v) is 88.5. The number of ketones is 4. The van der Waals surface area contributed by atoms with Gasteiger partial charge in [-0.15, -0.1) is 11.1 Å². The molecule has 2 aromatic rings. The Morgan fingerprint density at radius 1 is 0.624 bits per heavy atom. The van der Waals surface area contributed by atoms with Gasteiger partial charge in [-0.1, -0.05) is 78.0 Å². The molecule has 149 heavy (non-hydrogen) atoms. The third-order valence-corrected chi connectivity index (χ3v) is 29.3. The van der Waals surface area contributed by atoms with Crippen LogP contribution in [0.2, 0.25) is 0 Å². The number of alkyl halides is 2. The Kier molecular flexibility index (Phi) is 48.1. The maximum absolute atomic E-state index is 18.1. The molecule has 3 saturated carbocycles. The molecule has 1 saturated heterocycles. The number of hydrogen-bond donors (Lipinski definition) is 13. The summed E-state index contributed by atoms with van der Waals surface area (Å²) in [5.74, 6) is -6.46. The van der Waals surface area contributed by atoms with E-state index >= 15 is 8.78 Å². The van der Waals surface area contributed by atoms with Crippen LogP contribution in [-0.2, 0) is 111 Å². The lowest BCUT2D eigenvalue weighted by Crippen LogP contribution is -2.71. The molecule has 2 aromatic carbocycles. The minimum absolute atomic E-state index is 0.00534. The number of nitrogens with zero attached hydrogens (tertiary/aromatic N) is 3. The summed E-state index contributed by atoms with van der Waals surface area (Å²) in [6.45, 7) is 15.2. The number of likely N-dealkylation sites (N-methyl/N-ethyl adjacent to an activating group) is 1. The molecule has 3 unspecified atom stereocenters. The number of hydrogen-bond acceptors (Lipinski definition) is 32. The van der Waals surface area contributed by atoms with Crippen LogP contribution in [0.5, 0.6) is 5.75 Å². The lowest BCUT2D eigenvalue weighted by molar-refractivity contribution is -0.869. The topological polar surface area (TPSA) is 502 Å². The standard InChI is InChI=1S/C106H163F2N15O26/c1-10-21-95-148-91-65-79-80-64-82(107)81-63-76(124)37-40-103(81,4)105(80,108)89(127)66-104(79,5)106(91,149-95)90(128)69-144-78-35-33-75(34-36-78)114-102(135)147-67-72-29-31-74(32-30-72)113-99(132)73(22-19-42-112-101(109)134)62-86(126)96(71(2)3)116-100(133)83(115-93(130)39-48-138-52-56-142-59-58-140-54-50-136-46-20-23-77(125)68-145-87-27-15-11-13-25-84-97(87)117-119-121(84)6)24-17-18-41-110-94(131)70-146-88-28-16-12-14-26-85-98(88)118-120-122(85)44-49-139-53-57-143-61-60-141-55-51-137-47-38-92(129)111-43-45-123(7,8)9/h29-37,40,63,71,73,79-80,82-83,87-89,91,95-96,117-120,127H,10-28,38-39,41-62,64-70H2,1-9H3,(H8-,109,110,111,112,113,114,115,116,129,130,131,132,133,134,135)/p+1/t73-,79+,80+,82+,83-,87?,88?,89+,91-,95?,96+,103+,104+,105+,106-/m1/s1. The van der Waals surface area contributed by atoms with Crippen LogP contribution in [0.1, 0.15) is 201 Å². The molecule has 0 bridgehead atoms. The van der Waals surface area contributed by atoms with E-state index in [9.17, 15) is 57.8 Å². The van der Waals surface area contributed by atoms with Crippen LogP contribution in [0.25, 0.3) is 0 Å². The molecule has 3 aliphatic heterocycles. The number of halogens is 2. The number of carbonyl (C=O) groups excluding carboxylic acids is 11. The maximum atomic E-state index is 18.1. The summed E-state index contributed by atoms with van der Waals surface area (Å²) in [7, 11) is 8.19. The fourth-order valence-electron chi connectivity index (χ4n) is 21.3. The normalized spacial score (nSPS) is 24.5. The second kappa shape index (κ2) is 60.0. The van der Waals surface area contributed by atoms with Crippen molar-refractivity contribution in [3.05, 3.63) is 101 Å². The minimum atomic E-state index is -2.37. The van der Waals surface area contributed by atoms with Crippen molar-refractivity contribution in [3.8, 4) is 5.75 Å². The van der Waals surface area contributed by atoms with Crippen LogP contribution < -0.4 is 69.6 Å². The number of Topliss-reactive ketones (excluding diaryl/α,β-unsaturated/α-hetero) is 3. The molecule has 8 amide bonds.